The SMILES string of the molecule is CSCC(C)N(C)c1ccc(CO)cc1Cl. The number of aliphatic hydroxyl groups is 1. The first-order chi connectivity index (χ1) is 7.60. The van der Waals surface area contributed by atoms with Crippen LogP contribution in [0.2, 0.25) is 5.02 Å². The summed E-state index contributed by atoms with van der Waals surface area (Å²) in [6.07, 6.45) is 2.10. The van der Waals surface area contributed by atoms with Crippen LogP contribution in [0.1, 0.15) is 12.5 Å². The first-order valence-electron chi connectivity index (χ1n) is 5.21. The van der Waals surface area contributed by atoms with Gasteiger partial charge in [0.1, 0.15) is 0 Å². The van der Waals surface area contributed by atoms with Crippen LogP contribution in [0.5, 0.6) is 0 Å². The number of rotatable bonds is 5. The van der Waals surface area contributed by atoms with Crippen molar-refractivity contribution >= 4 is 29.1 Å². The first-order valence-corrected chi connectivity index (χ1v) is 6.98. The van der Waals surface area contributed by atoms with Crippen molar-refractivity contribution in [2.24, 2.45) is 0 Å². The normalized spacial score (nSPS) is 12.6. The second-order valence-corrected chi connectivity index (χ2v) is 5.18. The van der Waals surface area contributed by atoms with E-state index in [2.05, 4.69) is 18.1 Å². The molecule has 16 heavy (non-hydrogen) atoms. The highest BCUT2D eigenvalue weighted by Crippen LogP contribution is 2.27. The Morgan fingerprint density at radius 2 is 2.19 bits per heavy atom. The Hall–Kier alpha value is -0.380. The highest BCUT2D eigenvalue weighted by Gasteiger charge is 2.12. The molecule has 0 saturated carbocycles. The molecule has 0 spiro atoms. The van der Waals surface area contributed by atoms with Crippen molar-refractivity contribution < 1.29 is 5.11 Å². The molecule has 1 aromatic carbocycles. The molecule has 0 aromatic heterocycles. The molecule has 1 atom stereocenters. The van der Waals surface area contributed by atoms with Crippen molar-refractivity contribution in [1.29, 1.82) is 0 Å². The van der Waals surface area contributed by atoms with Gasteiger partial charge in [-0.1, -0.05) is 17.7 Å². The molecule has 0 aliphatic rings. The Kier molecular flexibility index (Phi) is 5.46. The van der Waals surface area contributed by atoms with Gasteiger partial charge in [-0.05, 0) is 30.9 Å². The van der Waals surface area contributed by atoms with E-state index in [9.17, 15) is 0 Å². The maximum Gasteiger partial charge on any atom is 0.0682 e. The molecule has 2 nitrogen and oxygen atoms in total. The van der Waals surface area contributed by atoms with E-state index in [1.807, 2.05) is 37.0 Å². The average molecular weight is 260 g/mol. The predicted octanol–water partition coefficient (Wildman–Crippen LogP) is 3.02. The monoisotopic (exact) mass is 259 g/mol. The summed E-state index contributed by atoms with van der Waals surface area (Å²) >= 11 is 8.01. The van der Waals surface area contributed by atoms with Crippen LogP contribution in [0.4, 0.5) is 5.69 Å². The van der Waals surface area contributed by atoms with Gasteiger partial charge in [0, 0.05) is 18.8 Å². The van der Waals surface area contributed by atoms with E-state index in [-0.39, 0.29) is 6.61 Å². The van der Waals surface area contributed by atoms with Crippen LogP contribution in [0.3, 0.4) is 0 Å². The number of benzene rings is 1. The van der Waals surface area contributed by atoms with Gasteiger partial charge in [0.25, 0.3) is 0 Å². The molecule has 1 aromatic rings. The molecule has 90 valence electrons. The lowest BCUT2D eigenvalue weighted by Crippen LogP contribution is -2.31. The van der Waals surface area contributed by atoms with Crippen LogP contribution < -0.4 is 4.90 Å². The summed E-state index contributed by atoms with van der Waals surface area (Å²) in [7, 11) is 2.04. The third-order valence-electron chi connectivity index (χ3n) is 2.64. The predicted molar refractivity (Wildman–Crippen MR) is 73.6 cm³/mol. The second kappa shape index (κ2) is 6.38. The van der Waals surface area contributed by atoms with Crippen molar-refractivity contribution in [3.8, 4) is 0 Å². The zero-order valence-electron chi connectivity index (χ0n) is 9.90. The van der Waals surface area contributed by atoms with Crippen LogP contribution in [0.15, 0.2) is 18.2 Å². The van der Waals surface area contributed by atoms with Crippen LogP contribution >= 0.6 is 23.4 Å². The highest BCUT2D eigenvalue weighted by molar-refractivity contribution is 7.98. The molecule has 1 rings (SSSR count). The van der Waals surface area contributed by atoms with Gasteiger partial charge in [-0.2, -0.15) is 11.8 Å². The summed E-state index contributed by atoms with van der Waals surface area (Å²) in [5.74, 6) is 1.06. The summed E-state index contributed by atoms with van der Waals surface area (Å²) in [6, 6.07) is 6.13. The summed E-state index contributed by atoms with van der Waals surface area (Å²) < 4.78 is 0. The Morgan fingerprint density at radius 3 is 2.69 bits per heavy atom. The van der Waals surface area contributed by atoms with Gasteiger partial charge in [0.2, 0.25) is 0 Å². The number of hydrogen-bond acceptors (Lipinski definition) is 3. The molecule has 4 heteroatoms. The van der Waals surface area contributed by atoms with Crippen LogP contribution in [-0.4, -0.2) is 30.2 Å². The van der Waals surface area contributed by atoms with Crippen molar-refractivity contribution in [1.82, 2.24) is 0 Å². The molecule has 0 heterocycles. The maximum absolute atomic E-state index is 9.01. The lowest BCUT2D eigenvalue weighted by atomic mass is 10.2. The molecule has 1 N–H and O–H groups in total. The van der Waals surface area contributed by atoms with Gasteiger partial charge in [0.15, 0.2) is 0 Å². The fourth-order valence-corrected chi connectivity index (χ4v) is 2.57. The van der Waals surface area contributed by atoms with E-state index in [0.717, 1.165) is 17.0 Å². The molecular formula is C12H18ClNOS. The fourth-order valence-electron chi connectivity index (χ4n) is 1.53. The summed E-state index contributed by atoms with van der Waals surface area (Å²) in [5, 5.41) is 9.71. The fraction of sp³-hybridized carbons (Fsp3) is 0.500. The Labute approximate surface area is 107 Å². The molecule has 0 saturated heterocycles. The Balaban J connectivity index is 2.87. The minimum Gasteiger partial charge on any atom is -0.392 e. The third-order valence-corrected chi connectivity index (χ3v) is 3.76. The van der Waals surface area contributed by atoms with E-state index >= 15 is 0 Å². The first kappa shape index (κ1) is 13.7. The number of aliphatic hydroxyl groups excluding tert-OH is 1. The van der Waals surface area contributed by atoms with Crippen molar-refractivity contribution in [3.63, 3.8) is 0 Å². The van der Waals surface area contributed by atoms with Gasteiger partial charge >= 0.3 is 0 Å². The van der Waals surface area contributed by atoms with E-state index in [1.54, 1.807) is 0 Å². The molecule has 1 unspecified atom stereocenters. The molecule has 0 aliphatic carbocycles. The Bertz CT molecular complexity index is 346. The highest BCUT2D eigenvalue weighted by atomic mass is 35.5. The van der Waals surface area contributed by atoms with E-state index < -0.39 is 0 Å². The minimum absolute atomic E-state index is 0.0318. The molecule has 0 aliphatic heterocycles. The zero-order chi connectivity index (χ0) is 12.1. The Morgan fingerprint density at radius 1 is 1.50 bits per heavy atom. The van der Waals surface area contributed by atoms with Crippen molar-refractivity contribution in [2.75, 3.05) is 24.0 Å². The number of thioether (sulfide) groups is 1. The quantitative estimate of drug-likeness (QED) is 0.879. The largest absolute Gasteiger partial charge is 0.392 e. The van der Waals surface area contributed by atoms with Crippen LogP contribution in [0.25, 0.3) is 0 Å². The summed E-state index contributed by atoms with van der Waals surface area (Å²) in [6.45, 7) is 2.21. The van der Waals surface area contributed by atoms with Crippen molar-refractivity contribution in [3.05, 3.63) is 28.8 Å². The molecule has 0 radical (unpaired) electrons. The topological polar surface area (TPSA) is 23.5 Å². The number of hydrogen-bond donors (Lipinski definition) is 1. The van der Waals surface area contributed by atoms with Crippen LogP contribution in [0, 0.1) is 0 Å². The van der Waals surface area contributed by atoms with E-state index in [4.69, 9.17) is 16.7 Å². The molecule has 0 amide bonds. The smallest absolute Gasteiger partial charge is 0.0682 e. The maximum atomic E-state index is 9.01. The lowest BCUT2D eigenvalue weighted by Gasteiger charge is -2.27. The van der Waals surface area contributed by atoms with Gasteiger partial charge in [-0.25, -0.2) is 0 Å². The molecule has 0 fully saturated rings. The third kappa shape index (κ3) is 3.30. The number of anilines is 1. The van der Waals surface area contributed by atoms with Gasteiger partial charge < -0.3 is 10.0 Å². The second-order valence-electron chi connectivity index (χ2n) is 3.86. The van der Waals surface area contributed by atoms with Gasteiger partial charge in [-0.15, -0.1) is 0 Å². The average Bonchev–Trinajstić information content (AvgIpc) is 2.28. The van der Waals surface area contributed by atoms with Gasteiger partial charge in [-0.3, -0.25) is 0 Å². The number of halogens is 1. The van der Waals surface area contributed by atoms with E-state index in [0.29, 0.717) is 11.1 Å². The van der Waals surface area contributed by atoms with Gasteiger partial charge in [0.05, 0.1) is 17.3 Å². The minimum atomic E-state index is 0.0318. The lowest BCUT2D eigenvalue weighted by molar-refractivity contribution is 0.282. The molecule has 0 bridgehead atoms. The van der Waals surface area contributed by atoms with Crippen LogP contribution in [-0.2, 0) is 6.61 Å². The zero-order valence-corrected chi connectivity index (χ0v) is 11.5. The number of nitrogens with zero attached hydrogens (tertiary/aromatic N) is 1. The van der Waals surface area contributed by atoms with Crippen molar-refractivity contribution in [2.45, 2.75) is 19.6 Å². The summed E-state index contributed by atoms with van der Waals surface area (Å²) in [5.41, 5.74) is 1.86. The molecular weight excluding hydrogens is 242 g/mol. The van der Waals surface area contributed by atoms with E-state index in [1.165, 1.54) is 0 Å². The standard InChI is InChI=1S/C12H18ClNOS/c1-9(8-16-3)14(2)12-5-4-10(7-15)6-11(12)13/h4-6,9,15H,7-8H2,1-3H3. The summed E-state index contributed by atoms with van der Waals surface area (Å²) in [4.78, 5) is 2.17.